The van der Waals surface area contributed by atoms with Gasteiger partial charge in [0.05, 0.1) is 12.7 Å². The van der Waals surface area contributed by atoms with Crippen LogP contribution in [-0.2, 0) is 4.74 Å². The van der Waals surface area contributed by atoms with E-state index in [1.165, 1.54) is 0 Å². The van der Waals surface area contributed by atoms with Gasteiger partial charge in [0.2, 0.25) is 0 Å². The first-order chi connectivity index (χ1) is 8.31. The number of aliphatic hydroxyl groups excluding tert-OH is 1. The highest BCUT2D eigenvalue weighted by atomic mass is 16.5. The summed E-state index contributed by atoms with van der Waals surface area (Å²) in [4.78, 5) is 0. The normalized spacial score (nSPS) is 12.9. The van der Waals surface area contributed by atoms with Crippen LogP contribution in [0.1, 0.15) is 6.92 Å². The van der Waals surface area contributed by atoms with Crippen molar-refractivity contribution in [3.8, 4) is 0 Å². The van der Waals surface area contributed by atoms with Gasteiger partial charge < -0.3 is 31.5 Å². The monoisotopic (exact) mass is 248 g/mol. The molecule has 1 unspecified atom stereocenters. The van der Waals surface area contributed by atoms with Crippen molar-refractivity contribution in [1.82, 2.24) is 16.0 Å². The number of nitrogens with one attached hydrogen (secondary N) is 3. The molecule has 0 fully saturated rings. The van der Waals surface area contributed by atoms with E-state index in [9.17, 15) is 5.11 Å². The van der Waals surface area contributed by atoms with E-state index in [1.807, 2.05) is 6.92 Å². The Kier molecular flexibility index (Phi) is 13.6. The molecule has 0 aliphatic rings. The number of nitrogens with two attached hydrogens (primary N) is 1. The van der Waals surface area contributed by atoms with Crippen molar-refractivity contribution in [2.24, 2.45) is 5.73 Å². The largest absolute Gasteiger partial charge is 0.389 e. The maximum Gasteiger partial charge on any atom is 0.0897 e. The molecule has 0 aromatic heterocycles. The van der Waals surface area contributed by atoms with Gasteiger partial charge >= 0.3 is 0 Å². The molecule has 104 valence electrons. The second-order valence-electron chi connectivity index (χ2n) is 3.81. The molecule has 0 aromatic carbocycles. The maximum atomic E-state index is 9.45. The number of rotatable bonds is 13. The van der Waals surface area contributed by atoms with Crippen LogP contribution in [0.2, 0.25) is 0 Å². The van der Waals surface area contributed by atoms with E-state index in [4.69, 9.17) is 10.5 Å². The van der Waals surface area contributed by atoms with Crippen LogP contribution in [0.4, 0.5) is 0 Å². The highest BCUT2D eigenvalue weighted by molar-refractivity contribution is 4.60. The molecule has 0 radical (unpaired) electrons. The van der Waals surface area contributed by atoms with Gasteiger partial charge in [-0.3, -0.25) is 0 Å². The van der Waals surface area contributed by atoms with Crippen molar-refractivity contribution in [2.45, 2.75) is 13.0 Å². The molecule has 6 N–H and O–H groups in total. The van der Waals surface area contributed by atoms with Crippen LogP contribution in [-0.4, -0.2) is 70.2 Å². The van der Waals surface area contributed by atoms with Crippen molar-refractivity contribution >= 4 is 0 Å². The standard InChI is InChI=1S/C11H28N4O2/c1-2-17-10-11(16)9-15-8-7-14-6-5-13-4-3-12/h11,13-16H,2-10,12H2,1H3. The fourth-order valence-electron chi connectivity index (χ4n) is 1.29. The third-order valence-corrected chi connectivity index (χ3v) is 2.17. The van der Waals surface area contributed by atoms with Gasteiger partial charge in [0.15, 0.2) is 0 Å². The summed E-state index contributed by atoms with van der Waals surface area (Å²) in [7, 11) is 0. The van der Waals surface area contributed by atoms with Crippen molar-refractivity contribution < 1.29 is 9.84 Å². The van der Waals surface area contributed by atoms with Crippen LogP contribution in [0.15, 0.2) is 0 Å². The van der Waals surface area contributed by atoms with Gasteiger partial charge in [0.25, 0.3) is 0 Å². The molecule has 0 saturated carbocycles. The zero-order valence-corrected chi connectivity index (χ0v) is 10.9. The van der Waals surface area contributed by atoms with Crippen molar-refractivity contribution in [3.05, 3.63) is 0 Å². The zero-order valence-electron chi connectivity index (χ0n) is 10.9. The molecule has 0 heterocycles. The third kappa shape index (κ3) is 13.7. The Hall–Kier alpha value is -0.240. The summed E-state index contributed by atoms with van der Waals surface area (Å²) in [6.07, 6.45) is -0.416. The molecule has 1 atom stereocenters. The fourth-order valence-corrected chi connectivity index (χ4v) is 1.29. The Labute approximate surface area is 104 Å². The van der Waals surface area contributed by atoms with Crippen molar-refractivity contribution in [3.63, 3.8) is 0 Å². The smallest absolute Gasteiger partial charge is 0.0897 e. The minimum Gasteiger partial charge on any atom is -0.389 e. The van der Waals surface area contributed by atoms with Crippen molar-refractivity contribution in [1.29, 1.82) is 0 Å². The topological polar surface area (TPSA) is 91.6 Å². The fraction of sp³-hybridized carbons (Fsp3) is 1.00. The lowest BCUT2D eigenvalue weighted by atomic mass is 10.4. The summed E-state index contributed by atoms with van der Waals surface area (Å²) in [6.45, 7) is 8.70. The van der Waals surface area contributed by atoms with Gasteiger partial charge in [-0.25, -0.2) is 0 Å². The van der Waals surface area contributed by atoms with E-state index < -0.39 is 6.10 Å². The highest BCUT2D eigenvalue weighted by Gasteiger charge is 2.01. The summed E-state index contributed by atoms with van der Waals surface area (Å²) in [5, 5.41) is 19.1. The molecule has 0 amide bonds. The Morgan fingerprint density at radius 1 is 1.06 bits per heavy atom. The first kappa shape index (κ1) is 16.8. The van der Waals surface area contributed by atoms with Gasteiger partial charge in [-0.2, -0.15) is 0 Å². The minimum atomic E-state index is -0.416. The lowest BCUT2D eigenvalue weighted by Crippen LogP contribution is -2.37. The van der Waals surface area contributed by atoms with E-state index in [1.54, 1.807) is 0 Å². The van der Waals surface area contributed by atoms with E-state index >= 15 is 0 Å². The lowest BCUT2D eigenvalue weighted by molar-refractivity contribution is 0.0430. The predicted octanol–water partition coefficient (Wildman–Crippen LogP) is -1.89. The van der Waals surface area contributed by atoms with Crippen LogP contribution in [0.25, 0.3) is 0 Å². The van der Waals surface area contributed by atoms with Gasteiger partial charge in [-0.1, -0.05) is 0 Å². The average Bonchev–Trinajstić information content (AvgIpc) is 2.34. The Morgan fingerprint density at radius 3 is 2.24 bits per heavy atom. The third-order valence-electron chi connectivity index (χ3n) is 2.17. The van der Waals surface area contributed by atoms with Crippen LogP contribution >= 0.6 is 0 Å². The molecule has 6 nitrogen and oxygen atoms in total. The predicted molar refractivity (Wildman–Crippen MR) is 70.2 cm³/mol. The molecular weight excluding hydrogens is 220 g/mol. The van der Waals surface area contributed by atoms with Gasteiger partial charge in [0.1, 0.15) is 0 Å². The summed E-state index contributed by atoms with van der Waals surface area (Å²) >= 11 is 0. The second kappa shape index (κ2) is 13.8. The van der Waals surface area contributed by atoms with Crippen LogP contribution in [0.5, 0.6) is 0 Å². The van der Waals surface area contributed by atoms with Crippen molar-refractivity contribution in [2.75, 3.05) is 59.0 Å². The first-order valence-electron chi connectivity index (χ1n) is 6.39. The Bertz CT molecular complexity index is 149. The lowest BCUT2D eigenvalue weighted by Gasteiger charge is -2.12. The summed E-state index contributed by atoms with van der Waals surface area (Å²) in [6, 6.07) is 0. The molecule has 0 saturated heterocycles. The van der Waals surface area contributed by atoms with Gasteiger partial charge in [-0.05, 0) is 6.92 Å². The summed E-state index contributed by atoms with van der Waals surface area (Å²) in [5.74, 6) is 0. The Morgan fingerprint density at radius 2 is 1.65 bits per heavy atom. The van der Waals surface area contributed by atoms with Crippen LogP contribution < -0.4 is 21.7 Å². The van der Waals surface area contributed by atoms with E-state index in [0.29, 0.717) is 26.3 Å². The van der Waals surface area contributed by atoms with Gasteiger partial charge in [-0.15, -0.1) is 0 Å². The molecule has 0 rings (SSSR count). The second-order valence-corrected chi connectivity index (χ2v) is 3.81. The quantitative estimate of drug-likeness (QED) is 0.245. The number of hydrogen-bond acceptors (Lipinski definition) is 6. The molecule has 0 aliphatic carbocycles. The Balaban J connectivity index is 3.02. The minimum absolute atomic E-state index is 0.403. The average molecular weight is 248 g/mol. The molecule has 0 spiro atoms. The number of hydrogen-bond donors (Lipinski definition) is 5. The highest BCUT2D eigenvalue weighted by Crippen LogP contribution is 1.82. The molecule has 6 heteroatoms. The van der Waals surface area contributed by atoms with Crippen LogP contribution in [0.3, 0.4) is 0 Å². The number of aliphatic hydroxyl groups is 1. The maximum absolute atomic E-state index is 9.45. The van der Waals surface area contributed by atoms with Gasteiger partial charge in [0, 0.05) is 52.4 Å². The molecule has 0 bridgehead atoms. The van der Waals surface area contributed by atoms with Crippen LogP contribution in [0, 0.1) is 0 Å². The number of ether oxygens (including phenoxy) is 1. The zero-order chi connectivity index (χ0) is 12.8. The molecule has 0 aliphatic heterocycles. The molecular formula is C11H28N4O2. The van der Waals surface area contributed by atoms with E-state index in [2.05, 4.69) is 16.0 Å². The molecule has 17 heavy (non-hydrogen) atoms. The summed E-state index contributed by atoms with van der Waals surface area (Å²) < 4.78 is 5.10. The molecule has 0 aromatic rings. The summed E-state index contributed by atoms with van der Waals surface area (Å²) in [5.41, 5.74) is 5.35. The SMILES string of the molecule is CCOCC(O)CNCCNCCNCCN. The first-order valence-corrected chi connectivity index (χ1v) is 6.39. The van der Waals surface area contributed by atoms with E-state index in [0.717, 1.165) is 32.7 Å². The van der Waals surface area contributed by atoms with E-state index in [-0.39, 0.29) is 0 Å².